The number of amides is 2. The number of carbonyl (C=O) groups is 2. The summed E-state index contributed by atoms with van der Waals surface area (Å²) in [6.45, 7) is 3.06. The largest absolute Gasteiger partial charge is 0.459 e. The molecule has 28 heavy (non-hydrogen) atoms. The molecule has 2 aliphatic heterocycles. The SMILES string of the molecule is CN1C[C@H](C(=O)NCc2cccs2)OC2(CCN(C(=O)c3ccco3)CC2)C1. The molecule has 0 aliphatic carbocycles. The quantitative estimate of drug-likeness (QED) is 0.845. The molecular formula is C20H25N3O4S. The van der Waals surface area contributed by atoms with E-state index in [9.17, 15) is 9.59 Å². The molecule has 4 rings (SSSR count). The van der Waals surface area contributed by atoms with Crippen molar-refractivity contribution in [3.63, 3.8) is 0 Å². The average molecular weight is 404 g/mol. The van der Waals surface area contributed by atoms with E-state index >= 15 is 0 Å². The summed E-state index contributed by atoms with van der Waals surface area (Å²) in [4.78, 5) is 30.2. The highest BCUT2D eigenvalue weighted by Gasteiger charge is 2.44. The van der Waals surface area contributed by atoms with Crippen molar-refractivity contribution < 1.29 is 18.7 Å². The van der Waals surface area contributed by atoms with Gasteiger partial charge in [-0.25, -0.2) is 0 Å². The molecule has 7 nitrogen and oxygen atoms in total. The van der Waals surface area contributed by atoms with Crippen molar-refractivity contribution in [3.05, 3.63) is 46.5 Å². The van der Waals surface area contributed by atoms with Gasteiger partial charge in [0.15, 0.2) is 5.76 Å². The smallest absolute Gasteiger partial charge is 0.289 e. The van der Waals surface area contributed by atoms with Crippen LogP contribution in [-0.2, 0) is 16.1 Å². The Labute approximate surface area is 168 Å². The summed E-state index contributed by atoms with van der Waals surface area (Å²) in [6, 6.07) is 7.39. The average Bonchev–Trinajstić information content (AvgIpc) is 3.39. The van der Waals surface area contributed by atoms with Gasteiger partial charge < -0.3 is 24.3 Å². The van der Waals surface area contributed by atoms with Crippen molar-refractivity contribution in [1.29, 1.82) is 0 Å². The molecule has 1 atom stereocenters. The molecule has 150 valence electrons. The second-order valence-electron chi connectivity index (χ2n) is 7.55. The predicted octanol–water partition coefficient (Wildman–Crippen LogP) is 1.96. The first-order valence-electron chi connectivity index (χ1n) is 9.54. The summed E-state index contributed by atoms with van der Waals surface area (Å²) < 4.78 is 11.5. The molecule has 2 aromatic heterocycles. The number of thiophene rings is 1. The Morgan fingerprint density at radius 3 is 2.79 bits per heavy atom. The summed E-state index contributed by atoms with van der Waals surface area (Å²) in [5, 5.41) is 4.98. The molecule has 0 bridgehead atoms. The molecule has 2 saturated heterocycles. The molecule has 8 heteroatoms. The van der Waals surface area contributed by atoms with Gasteiger partial charge in [0.05, 0.1) is 18.4 Å². The van der Waals surface area contributed by atoms with Crippen molar-refractivity contribution >= 4 is 23.2 Å². The second kappa shape index (κ2) is 8.06. The van der Waals surface area contributed by atoms with E-state index in [4.69, 9.17) is 9.15 Å². The highest BCUT2D eigenvalue weighted by molar-refractivity contribution is 7.09. The summed E-state index contributed by atoms with van der Waals surface area (Å²) in [5.41, 5.74) is -0.391. The van der Waals surface area contributed by atoms with E-state index < -0.39 is 11.7 Å². The van der Waals surface area contributed by atoms with Gasteiger partial charge in [-0.05, 0) is 43.5 Å². The third kappa shape index (κ3) is 4.14. The minimum Gasteiger partial charge on any atom is -0.459 e. The van der Waals surface area contributed by atoms with Crippen LogP contribution in [0.4, 0.5) is 0 Å². The summed E-state index contributed by atoms with van der Waals surface area (Å²) in [5.74, 6) is 0.200. The molecule has 0 radical (unpaired) electrons. The van der Waals surface area contributed by atoms with Crippen LogP contribution in [0.2, 0.25) is 0 Å². The van der Waals surface area contributed by atoms with Crippen LogP contribution in [0.3, 0.4) is 0 Å². The van der Waals surface area contributed by atoms with Crippen LogP contribution in [0.5, 0.6) is 0 Å². The Bertz CT molecular complexity index is 798. The zero-order chi connectivity index (χ0) is 19.6. The molecule has 1 spiro atoms. The molecule has 2 aliphatic rings. The topological polar surface area (TPSA) is 75.0 Å². The fourth-order valence-corrected chi connectivity index (χ4v) is 4.65. The molecule has 0 saturated carbocycles. The first kappa shape index (κ1) is 19.2. The molecule has 0 unspecified atom stereocenters. The highest BCUT2D eigenvalue weighted by atomic mass is 32.1. The maximum atomic E-state index is 12.7. The van der Waals surface area contributed by atoms with Gasteiger partial charge in [0.25, 0.3) is 11.8 Å². The van der Waals surface area contributed by atoms with E-state index in [2.05, 4.69) is 10.2 Å². The van der Waals surface area contributed by atoms with Crippen LogP contribution in [0, 0.1) is 0 Å². The van der Waals surface area contributed by atoms with Crippen LogP contribution in [0.1, 0.15) is 28.3 Å². The monoisotopic (exact) mass is 403 g/mol. The van der Waals surface area contributed by atoms with Crippen molar-refractivity contribution in [2.24, 2.45) is 0 Å². The van der Waals surface area contributed by atoms with Gasteiger partial charge in [-0.2, -0.15) is 0 Å². The standard InChI is InChI=1S/C20H25N3O4S/c1-22-13-17(18(24)21-12-15-4-3-11-28-15)27-20(14-22)6-8-23(9-7-20)19(25)16-5-2-10-26-16/h2-5,10-11,17H,6-9,12-14H2,1H3,(H,21,24)/t17-/m1/s1. The van der Waals surface area contributed by atoms with Gasteiger partial charge >= 0.3 is 0 Å². The Morgan fingerprint density at radius 2 is 2.11 bits per heavy atom. The van der Waals surface area contributed by atoms with Crippen molar-refractivity contribution in [1.82, 2.24) is 15.1 Å². The zero-order valence-electron chi connectivity index (χ0n) is 15.9. The normalized spacial score (nSPS) is 22.3. The maximum Gasteiger partial charge on any atom is 0.289 e. The number of nitrogens with zero attached hydrogens (tertiary/aromatic N) is 2. The zero-order valence-corrected chi connectivity index (χ0v) is 16.7. The lowest BCUT2D eigenvalue weighted by Crippen LogP contribution is -2.61. The lowest BCUT2D eigenvalue weighted by molar-refractivity contribution is -0.180. The number of likely N-dealkylation sites (tertiary alicyclic amines) is 1. The van der Waals surface area contributed by atoms with Crippen molar-refractivity contribution in [2.75, 3.05) is 33.2 Å². The predicted molar refractivity (Wildman–Crippen MR) is 105 cm³/mol. The third-order valence-electron chi connectivity index (χ3n) is 5.43. The van der Waals surface area contributed by atoms with Gasteiger partial charge in [-0.15, -0.1) is 11.3 Å². The van der Waals surface area contributed by atoms with Gasteiger partial charge in [0.1, 0.15) is 6.10 Å². The number of carbonyl (C=O) groups excluding carboxylic acids is 2. The van der Waals surface area contributed by atoms with Gasteiger partial charge in [-0.3, -0.25) is 9.59 Å². The number of rotatable bonds is 4. The number of piperidine rings is 1. The highest BCUT2D eigenvalue weighted by Crippen LogP contribution is 2.32. The minimum atomic E-state index is -0.494. The molecule has 2 amide bonds. The van der Waals surface area contributed by atoms with Gasteiger partial charge in [0, 0.05) is 31.1 Å². The fraction of sp³-hybridized carbons (Fsp3) is 0.500. The molecular weight excluding hydrogens is 378 g/mol. The van der Waals surface area contributed by atoms with Crippen LogP contribution in [-0.4, -0.2) is 66.5 Å². The third-order valence-corrected chi connectivity index (χ3v) is 6.31. The van der Waals surface area contributed by atoms with E-state index in [0.717, 1.165) is 11.4 Å². The van der Waals surface area contributed by atoms with E-state index in [1.54, 1.807) is 28.4 Å². The number of ether oxygens (including phenoxy) is 1. The van der Waals surface area contributed by atoms with Crippen molar-refractivity contribution in [3.8, 4) is 0 Å². The summed E-state index contributed by atoms with van der Waals surface area (Å²) >= 11 is 1.62. The number of nitrogens with one attached hydrogen (secondary N) is 1. The number of likely N-dealkylation sites (N-methyl/N-ethyl adjacent to an activating group) is 1. The van der Waals surface area contributed by atoms with Crippen LogP contribution in [0.25, 0.3) is 0 Å². The number of hydrogen-bond acceptors (Lipinski definition) is 6. The Morgan fingerprint density at radius 1 is 1.29 bits per heavy atom. The fourth-order valence-electron chi connectivity index (χ4n) is 4.00. The van der Waals surface area contributed by atoms with E-state index in [0.29, 0.717) is 44.8 Å². The Hall–Kier alpha value is -2.16. The van der Waals surface area contributed by atoms with Crippen LogP contribution < -0.4 is 5.32 Å². The van der Waals surface area contributed by atoms with Crippen molar-refractivity contribution in [2.45, 2.75) is 31.1 Å². The van der Waals surface area contributed by atoms with Gasteiger partial charge in [0.2, 0.25) is 0 Å². The maximum absolute atomic E-state index is 12.7. The van der Waals surface area contributed by atoms with Gasteiger partial charge in [-0.1, -0.05) is 6.07 Å². The molecule has 2 aromatic rings. The number of morpholine rings is 1. The lowest BCUT2D eigenvalue weighted by atomic mass is 9.88. The first-order chi connectivity index (χ1) is 13.5. The molecule has 1 N–H and O–H groups in total. The molecule has 2 fully saturated rings. The minimum absolute atomic E-state index is 0.0755. The summed E-state index contributed by atoms with van der Waals surface area (Å²) in [7, 11) is 2.02. The molecule has 4 heterocycles. The van der Waals surface area contributed by atoms with Crippen LogP contribution in [0.15, 0.2) is 40.3 Å². The summed E-state index contributed by atoms with van der Waals surface area (Å²) in [6.07, 6.45) is 2.43. The first-order valence-corrected chi connectivity index (χ1v) is 10.4. The number of furan rings is 1. The van der Waals surface area contributed by atoms with E-state index in [1.165, 1.54) is 6.26 Å². The Balaban J connectivity index is 1.35. The number of hydrogen-bond donors (Lipinski definition) is 1. The second-order valence-corrected chi connectivity index (χ2v) is 8.59. The van der Waals surface area contributed by atoms with E-state index in [-0.39, 0.29) is 11.8 Å². The lowest BCUT2D eigenvalue weighted by Gasteiger charge is -2.48. The Kier molecular flexibility index (Phi) is 5.52. The van der Waals surface area contributed by atoms with Crippen LogP contribution >= 0.6 is 11.3 Å². The molecule has 0 aromatic carbocycles. The van der Waals surface area contributed by atoms with E-state index in [1.807, 2.05) is 24.6 Å².